The van der Waals surface area contributed by atoms with Crippen molar-refractivity contribution in [1.82, 2.24) is 9.97 Å². The van der Waals surface area contributed by atoms with Gasteiger partial charge in [0.05, 0.1) is 20.3 Å². The zero-order valence-corrected chi connectivity index (χ0v) is 11.8. The Bertz CT molecular complexity index is 464. The summed E-state index contributed by atoms with van der Waals surface area (Å²) >= 11 is 0. The second-order valence-electron chi connectivity index (χ2n) is 5.07. The Hall–Kier alpha value is -1.89. The molecule has 1 aliphatic rings. The minimum absolute atomic E-state index is 0.160. The largest absolute Gasteiger partial charge is 0.481 e. The van der Waals surface area contributed by atoms with Gasteiger partial charge in [-0.25, -0.2) is 0 Å². The van der Waals surface area contributed by atoms with Crippen molar-refractivity contribution in [2.75, 3.05) is 19.5 Å². The van der Waals surface area contributed by atoms with Crippen LogP contribution in [0.1, 0.15) is 32.1 Å². The normalized spacial score (nSPS) is 16.8. The van der Waals surface area contributed by atoms with Crippen molar-refractivity contribution in [3.63, 3.8) is 0 Å². The molecule has 7 nitrogen and oxygen atoms in total. The van der Waals surface area contributed by atoms with Crippen LogP contribution in [-0.2, 0) is 4.79 Å². The number of hydrogen-bond donors (Lipinski definition) is 2. The van der Waals surface area contributed by atoms with Gasteiger partial charge in [0.1, 0.15) is 0 Å². The predicted octanol–water partition coefficient (Wildman–Crippen LogP) is 1.09. The zero-order valence-electron chi connectivity index (χ0n) is 11.8. The van der Waals surface area contributed by atoms with Gasteiger partial charge in [-0.1, -0.05) is 12.8 Å². The number of nitrogens with two attached hydrogens (primary N) is 1. The maximum absolute atomic E-state index is 12.0. The van der Waals surface area contributed by atoms with Crippen molar-refractivity contribution in [3.8, 4) is 11.8 Å². The fraction of sp³-hybridized carbons (Fsp3) is 0.615. The van der Waals surface area contributed by atoms with Gasteiger partial charge in [-0.3, -0.25) is 10.1 Å². The van der Waals surface area contributed by atoms with E-state index in [-0.39, 0.29) is 18.3 Å². The summed E-state index contributed by atoms with van der Waals surface area (Å²) in [5.41, 5.74) is 5.78. The first kappa shape index (κ1) is 14.5. The topological polar surface area (TPSA) is 99.4 Å². The third kappa shape index (κ3) is 3.57. The van der Waals surface area contributed by atoms with Crippen LogP contribution in [0.25, 0.3) is 0 Å². The molecule has 0 radical (unpaired) electrons. The van der Waals surface area contributed by atoms with Crippen LogP contribution in [0.5, 0.6) is 11.8 Å². The first-order valence-corrected chi connectivity index (χ1v) is 6.60. The molecule has 0 unspecified atom stereocenters. The summed E-state index contributed by atoms with van der Waals surface area (Å²) in [5.74, 6) is 0.628. The fourth-order valence-corrected chi connectivity index (χ4v) is 2.41. The molecule has 7 heteroatoms. The highest BCUT2D eigenvalue weighted by Gasteiger charge is 2.31. The van der Waals surface area contributed by atoms with E-state index in [4.69, 9.17) is 15.2 Å². The second-order valence-corrected chi connectivity index (χ2v) is 5.07. The number of ether oxygens (including phenoxy) is 2. The van der Waals surface area contributed by atoms with Gasteiger partial charge in [-0.15, -0.1) is 0 Å². The van der Waals surface area contributed by atoms with Gasteiger partial charge in [-0.05, 0) is 12.8 Å². The van der Waals surface area contributed by atoms with Crippen LogP contribution in [0.4, 0.5) is 5.95 Å². The number of carbonyl (C=O) groups excluding carboxylic acids is 1. The molecule has 1 aromatic heterocycles. The molecule has 0 atom stereocenters. The molecule has 110 valence electrons. The van der Waals surface area contributed by atoms with Crippen molar-refractivity contribution in [1.29, 1.82) is 0 Å². The third-order valence-corrected chi connectivity index (χ3v) is 3.46. The number of anilines is 1. The standard InChI is InChI=1S/C13H20N4O3/c1-19-10-7-11(20-2)17-12(16-10)15-9(18)8-13(14)5-3-4-6-13/h7H,3-6,8,14H2,1-2H3,(H,15,16,17,18). The van der Waals surface area contributed by atoms with Crippen molar-refractivity contribution >= 4 is 11.9 Å². The summed E-state index contributed by atoms with van der Waals surface area (Å²) in [6.45, 7) is 0. The minimum Gasteiger partial charge on any atom is -0.481 e. The molecule has 0 saturated heterocycles. The van der Waals surface area contributed by atoms with Crippen LogP contribution in [0.15, 0.2) is 6.07 Å². The maximum Gasteiger partial charge on any atom is 0.236 e. The van der Waals surface area contributed by atoms with Gasteiger partial charge in [0.2, 0.25) is 23.6 Å². The Morgan fingerprint density at radius 1 is 1.30 bits per heavy atom. The molecule has 2 rings (SSSR count). The second kappa shape index (κ2) is 6.04. The van der Waals surface area contributed by atoms with Crippen molar-refractivity contribution < 1.29 is 14.3 Å². The summed E-state index contributed by atoms with van der Waals surface area (Å²) < 4.78 is 10.1. The van der Waals surface area contributed by atoms with Gasteiger partial charge < -0.3 is 15.2 Å². The SMILES string of the molecule is COc1cc(OC)nc(NC(=O)CC2(N)CCCC2)n1. The maximum atomic E-state index is 12.0. The molecule has 0 spiro atoms. The number of aromatic nitrogens is 2. The van der Waals surface area contributed by atoms with Crippen LogP contribution in [0.3, 0.4) is 0 Å². The van der Waals surface area contributed by atoms with Crippen LogP contribution < -0.4 is 20.5 Å². The number of methoxy groups -OCH3 is 2. The number of nitrogens with one attached hydrogen (secondary N) is 1. The molecule has 0 bridgehead atoms. The first-order chi connectivity index (χ1) is 9.54. The number of carbonyl (C=O) groups is 1. The van der Waals surface area contributed by atoms with E-state index in [1.165, 1.54) is 20.3 Å². The van der Waals surface area contributed by atoms with Gasteiger partial charge in [0.25, 0.3) is 0 Å². The highest BCUT2D eigenvalue weighted by Crippen LogP contribution is 2.30. The van der Waals surface area contributed by atoms with Gasteiger partial charge >= 0.3 is 0 Å². The summed E-state index contributed by atoms with van der Waals surface area (Å²) in [6.07, 6.45) is 4.18. The summed E-state index contributed by atoms with van der Waals surface area (Å²) in [6, 6.07) is 1.54. The number of hydrogen-bond acceptors (Lipinski definition) is 6. The lowest BCUT2D eigenvalue weighted by molar-refractivity contribution is -0.117. The Balaban J connectivity index is 2.03. The van der Waals surface area contributed by atoms with Crippen LogP contribution in [-0.4, -0.2) is 35.6 Å². The Morgan fingerprint density at radius 2 is 1.85 bits per heavy atom. The van der Waals surface area contributed by atoms with Crippen LogP contribution in [0.2, 0.25) is 0 Å². The molecule has 1 aliphatic carbocycles. The van der Waals surface area contributed by atoms with E-state index in [0.29, 0.717) is 11.8 Å². The van der Waals surface area contributed by atoms with Gasteiger partial charge in [0.15, 0.2) is 0 Å². The fourth-order valence-electron chi connectivity index (χ4n) is 2.41. The molecule has 1 amide bonds. The zero-order chi connectivity index (χ0) is 14.6. The van der Waals surface area contributed by atoms with E-state index >= 15 is 0 Å². The van der Waals surface area contributed by atoms with Gasteiger partial charge in [0, 0.05) is 12.0 Å². The third-order valence-electron chi connectivity index (χ3n) is 3.46. The molecule has 1 aromatic rings. The van der Waals surface area contributed by atoms with E-state index in [9.17, 15) is 4.79 Å². The Labute approximate surface area is 117 Å². The van der Waals surface area contributed by atoms with E-state index in [2.05, 4.69) is 15.3 Å². The molecule has 3 N–H and O–H groups in total. The summed E-state index contributed by atoms with van der Waals surface area (Å²) in [7, 11) is 2.97. The monoisotopic (exact) mass is 280 g/mol. The quantitative estimate of drug-likeness (QED) is 0.837. The summed E-state index contributed by atoms with van der Waals surface area (Å²) in [4.78, 5) is 20.1. The lowest BCUT2D eigenvalue weighted by Crippen LogP contribution is -2.40. The molecular formula is C13H20N4O3. The van der Waals surface area contributed by atoms with Crippen molar-refractivity contribution in [2.24, 2.45) is 5.73 Å². The molecule has 1 heterocycles. The average Bonchev–Trinajstić information content (AvgIpc) is 2.84. The average molecular weight is 280 g/mol. The van der Waals surface area contributed by atoms with E-state index in [1.807, 2.05) is 0 Å². The minimum atomic E-state index is -0.396. The number of nitrogens with zero attached hydrogens (tertiary/aromatic N) is 2. The molecule has 1 fully saturated rings. The van der Waals surface area contributed by atoms with Crippen molar-refractivity contribution in [3.05, 3.63) is 6.07 Å². The Morgan fingerprint density at radius 3 is 2.35 bits per heavy atom. The summed E-state index contributed by atoms with van der Waals surface area (Å²) in [5, 5.41) is 2.64. The molecule has 0 aliphatic heterocycles. The van der Waals surface area contributed by atoms with E-state index in [1.54, 1.807) is 0 Å². The lowest BCUT2D eigenvalue weighted by atomic mass is 9.94. The lowest BCUT2D eigenvalue weighted by Gasteiger charge is -2.22. The van der Waals surface area contributed by atoms with Crippen LogP contribution in [0, 0.1) is 0 Å². The van der Waals surface area contributed by atoms with Gasteiger partial charge in [-0.2, -0.15) is 9.97 Å². The molecule has 1 saturated carbocycles. The van der Waals surface area contributed by atoms with E-state index in [0.717, 1.165) is 25.7 Å². The number of rotatable bonds is 5. The van der Waals surface area contributed by atoms with E-state index < -0.39 is 5.54 Å². The molecular weight excluding hydrogens is 260 g/mol. The first-order valence-electron chi connectivity index (χ1n) is 6.60. The highest BCUT2D eigenvalue weighted by molar-refractivity contribution is 5.89. The molecule has 20 heavy (non-hydrogen) atoms. The predicted molar refractivity (Wildman–Crippen MR) is 73.8 cm³/mol. The van der Waals surface area contributed by atoms with Crippen molar-refractivity contribution in [2.45, 2.75) is 37.6 Å². The number of amides is 1. The van der Waals surface area contributed by atoms with Crippen LogP contribution >= 0.6 is 0 Å². The molecule has 0 aromatic carbocycles. The highest BCUT2D eigenvalue weighted by atomic mass is 16.5. The Kier molecular flexibility index (Phi) is 4.39. The smallest absolute Gasteiger partial charge is 0.236 e.